The summed E-state index contributed by atoms with van der Waals surface area (Å²) in [5.74, 6) is -1.84. The van der Waals surface area contributed by atoms with Crippen LogP contribution in [0.25, 0.3) is 0 Å². The number of aromatic carboxylic acids is 1. The fourth-order valence-corrected chi connectivity index (χ4v) is 4.25. The van der Waals surface area contributed by atoms with E-state index in [4.69, 9.17) is 4.74 Å². The average Bonchev–Trinajstić information content (AvgIpc) is 2.89. The van der Waals surface area contributed by atoms with Crippen molar-refractivity contribution in [1.29, 1.82) is 0 Å². The van der Waals surface area contributed by atoms with Gasteiger partial charge in [0.2, 0.25) is 0 Å². The molecule has 0 fully saturated rings. The molecule has 0 spiro atoms. The molecule has 0 amide bonds. The summed E-state index contributed by atoms with van der Waals surface area (Å²) in [7, 11) is 0. The van der Waals surface area contributed by atoms with Crippen molar-refractivity contribution < 1.29 is 19.4 Å². The van der Waals surface area contributed by atoms with E-state index in [1.165, 1.54) is 108 Å². The monoisotopic (exact) mass is 496 g/mol. The number of unbranched alkanes of at least 4 members (excludes halogenated alkanes) is 14. The topological polar surface area (TPSA) is 88.5 Å². The molecule has 0 aliphatic rings. The lowest BCUT2D eigenvalue weighted by atomic mass is 10.0. The van der Waals surface area contributed by atoms with E-state index in [-0.39, 0.29) is 11.3 Å². The van der Waals surface area contributed by atoms with E-state index in [0.717, 1.165) is 18.7 Å². The molecule has 1 heterocycles. The zero-order valence-corrected chi connectivity index (χ0v) is 22.0. The van der Waals surface area contributed by atoms with Gasteiger partial charge in [0, 0.05) is 18.4 Å². The van der Waals surface area contributed by atoms with E-state index in [1.54, 1.807) is 12.1 Å². The van der Waals surface area contributed by atoms with Crippen LogP contribution in [0.2, 0.25) is 0 Å². The molecule has 2 N–H and O–H groups in total. The summed E-state index contributed by atoms with van der Waals surface area (Å²) in [6, 6.07) is 8.32. The minimum atomic E-state index is -1.17. The predicted octanol–water partition coefficient (Wildman–Crippen LogP) is 8.28. The molecule has 6 nitrogen and oxygen atoms in total. The molecule has 36 heavy (non-hydrogen) atoms. The first-order valence-corrected chi connectivity index (χ1v) is 13.8. The first kappa shape index (κ1) is 29.3. The number of carbonyl (C=O) groups excluding carboxylic acids is 1. The number of aromatic nitrogens is 1. The molecule has 2 aromatic rings. The zero-order chi connectivity index (χ0) is 25.8. The summed E-state index contributed by atoms with van der Waals surface area (Å²) in [6.07, 6.45) is 22.9. The summed E-state index contributed by atoms with van der Waals surface area (Å²) < 4.78 is 5.22. The second-order valence-electron chi connectivity index (χ2n) is 9.52. The fourth-order valence-electron chi connectivity index (χ4n) is 4.25. The van der Waals surface area contributed by atoms with Gasteiger partial charge in [0.15, 0.2) is 5.75 Å². The van der Waals surface area contributed by atoms with Crippen molar-refractivity contribution in [3.63, 3.8) is 0 Å². The van der Waals surface area contributed by atoms with Crippen molar-refractivity contribution in [1.82, 2.24) is 4.98 Å². The quantitative estimate of drug-likeness (QED) is 0.142. The first-order chi connectivity index (χ1) is 17.6. The summed E-state index contributed by atoms with van der Waals surface area (Å²) in [5.41, 5.74) is 1.21. The van der Waals surface area contributed by atoms with Crippen LogP contribution in [0, 0.1) is 0 Å². The Kier molecular flexibility index (Phi) is 15.0. The number of pyridine rings is 1. The minimum absolute atomic E-state index is 0.0645. The maximum Gasteiger partial charge on any atom is 0.343 e. The summed E-state index contributed by atoms with van der Waals surface area (Å²) >= 11 is 0. The molecular weight excluding hydrogens is 452 g/mol. The highest BCUT2D eigenvalue weighted by molar-refractivity contribution is 5.95. The van der Waals surface area contributed by atoms with E-state index in [1.807, 2.05) is 12.1 Å². The molecule has 0 aliphatic carbocycles. The third kappa shape index (κ3) is 12.2. The number of benzene rings is 1. The Morgan fingerprint density at radius 1 is 0.778 bits per heavy atom. The maximum atomic E-state index is 12.4. The van der Waals surface area contributed by atoms with Crippen LogP contribution in [0.5, 0.6) is 5.75 Å². The van der Waals surface area contributed by atoms with Gasteiger partial charge >= 0.3 is 11.9 Å². The smallest absolute Gasteiger partial charge is 0.343 e. The molecule has 0 aliphatic heterocycles. The highest BCUT2D eigenvalue weighted by atomic mass is 16.5. The van der Waals surface area contributed by atoms with Crippen molar-refractivity contribution in [2.45, 2.75) is 103 Å². The van der Waals surface area contributed by atoms with Crippen LogP contribution in [0.15, 0.2) is 42.7 Å². The number of rotatable bonds is 20. The third-order valence-corrected chi connectivity index (χ3v) is 6.45. The van der Waals surface area contributed by atoms with Crippen LogP contribution >= 0.6 is 0 Å². The summed E-state index contributed by atoms with van der Waals surface area (Å²) in [4.78, 5) is 27.4. The van der Waals surface area contributed by atoms with Gasteiger partial charge in [0.25, 0.3) is 0 Å². The van der Waals surface area contributed by atoms with E-state index in [9.17, 15) is 14.7 Å². The molecule has 1 aromatic heterocycles. The van der Waals surface area contributed by atoms with Crippen molar-refractivity contribution in [3.8, 4) is 5.75 Å². The Bertz CT molecular complexity index is 883. The van der Waals surface area contributed by atoms with Crippen LogP contribution in [-0.4, -0.2) is 28.6 Å². The predicted molar refractivity (Wildman–Crippen MR) is 146 cm³/mol. The number of hydrogen-bond donors (Lipinski definition) is 2. The maximum absolute atomic E-state index is 12.4. The SMILES string of the molecule is CCCCCCCCCCCCCCCCCNc1ccc(C(=O)Oc2cnccc2C(=O)O)cc1. The number of esters is 1. The third-order valence-electron chi connectivity index (χ3n) is 6.45. The van der Waals surface area contributed by atoms with E-state index in [2.05, 4.69) is 17.2 Å². The number of carboxylic acid groups (broad SMARTS) is 1. The van der Waals surface area contributed by atoms with E-state index < -0.39 is 11.9 Å². The minimum Gasteiger partial charge on any atom is -0.478 e. The number of nitrogens with one attached hydrogen (secondary N) is 1. The van der Waals surface area contributed by atoms with E-state index in [0.29, 0.717) is 5.56 Å². The van der Waals surface area contributed by atoms with Gasteiger partial charge in [0.05, 0.1) is 11.8 Å². The number of nitrogens with zero attached hydrogens (tertiary/aromatic N) is 1. The number of ether oxygens (including phenoxy) is 1. The average molecular weight is 497 g/mol. The molecule has 0 bridgehead atoms. The second-order valence-corrected chi connectivity index (χ2v) is 9.52. The molecule has 6 heteroatoms. The molecular formula is C30H44N2O4. The normalized spacial score (nSPS) is 10.8. The van der Waals surface area contributed by atoms with Gasteiger partial charge < -0.3 is 15.2 Å². The van der Waals surface area contributed by atoms with Gasteiger partial charge in [0.1, 0.15) is 5.56 Å². The molecule has 0 saturated heterocycles. The zero-order valence-electron chi connectivity index (χ0n) is 22.0. The lowest BCUT2D eigenvalue weighted by molar-refractivity contribution is 0.0681. The Morgan fingerprint density at radius 3 is 1.83 bits per heavy atom. The van der Waals surface area contributed by atoms with Gasteiger partial charge in [-0.2, -0.15) is 0 Å². The Labute approximate surface area is 216 Å². The van der Waals surface area contributed by atoms with E-state index >= 15 is 0 Å². The van der Waals surface area contributed by atoms with Gasteiger partial charge in [-0.1, -0.05) is 96.8 Å². The largest absolute Gasteiger partial charge is 0.478 e. The standard InChI is InChI=1S/C30H44N2O4/c1-2-3-4-5-6-7-8-9-10-11-12-13-14-15-16-22-32-26-19-17-25(18-20-26)30(35)36-28-24-31-23-21-27(28)29(33)34/h17-21,23-24,32H,2-16,22H2,1H3,(H,33,34). The van der Waals surface area contributed by atoms with Crippen LogP contribution < -0.4 is 10.1 Å². The molecule has 2 rings (SSSR count). The van der Waals surface area contributed by atoms with Crippen LogP contribution in [0.1, 0.15) is 124 Å². The van der Waals surface area contributed by atoms with Crippen molar-refractivity contribution in [2.24, 2.45) is 0 Å². The van der Waals surface area contributed by atoms with Gasteiger partial charge in [-0.05, 0) is 36.8 Å². The van der Waals surface area contributed by atoms with Gasteiger partial charge in [-0.3, -0.25) is 4.98 Å². The number of hydrogen-bond acceptors (Lipinski definition) is 5. The lowest BCUT2D eigenvalue weighted by Gasteiger charge is -2.09. The Morgan fingerprint density at radius 2 is 1.31 bits per heavy atom. The first-order valence-electron chi connectivity index (χ1n) is 13.8. The second kappa shape index (κ2) is 18.4. The molecule has 0 radical (unpaired) electrons. The molecule has 0 atom stereocenters. The highest BCUT2D eigenvalue weighted by Crippen LogP contribution is 2.19. The van der Waals surface area contributed by atoms with Crippen molar-refractivity contribution >= 4 is 17.6 Å². The fraction of sp³-hybridized carbons (Fsp3) is 0.567. The van der Waals surface area contributed by atoms with Crippen molar-refractivity contribution in [2.75, 3.05) is 11.9 Å². The lowest BCUT2D eigenvalue weighted by Crippen LogP contribution is -2.12. The Hall–Kier alpha value is -2.89. The molecule has 0 unspecified atom stereocenters. The number of carboxylic acids is 1. The molecule has 198 valence electrons. The van der Waals surface area contributed by atoms with Gasteiger partial charge in [-0.25, -0.2) is 9.59 Å². The van der Waals surface area contributed by atoms with Crippen LogP contribution in [0.3, 0.4) is 0 Å². The summed E-state index contributed by atoms with van der Waals surface area (Å²) in [5, 5.41) is 12.6. The van der Waals surface area contributed by atoms with Gasteiger partial charge in [-0.15, -0.1) is 0 Å². The molecule has 0 saturated carbocycles. The van der Waals surface area contributed by atoms with Crippen LogP contribution in [-0.2, 0) is 0 Å². The molecule has 1 aromatic carbocycles. The Balaban J connectivity index is 1.49. The summed E-state index contributed by atoms with van der Waals surface area (Å²) in [6.45, 7) is 3.17. The van der Waals surface area contributed by atoms with Crippen molar-refractivity contribution in [3.05, 3.63) is 53.9 Å². The number of carbonyl (C=O) groups is 2. The highest BCUT2D eigenvalue weighted by Gasteiger charge is 2.15. The van der Waals surface area contributed by atoms with Crippen LogP contribution in [0.4, 0.5) is 5.69 Å². The number of anilines is 1.